The predicted molar refractivity (Wildman–Crippen MR) is 80.4 cm³/mol. The summed E-state index contributed by atoms with van der Waals surface area (Å²) in [7, 11) is -3.87. The van der Waals surface area contributed by atoms with Gasteiger partial charge in [0.05, 0.1) is 0 Å². The van der Waals surface area contributed by atoms with Crippen LogP contribution in [-0.4, -0.2) is 47.4 Å². The average Bonchev–Trinajstić information content (AvgIpc) is 2.63. The normalized spacial score (nSPS) is 19.6. The van der Waals surface area contributed by atoms with Gasteiger partial charge in [-0.25, -0.2) is 13.2 Å². The molecule has 0 saturated carbocycles. The fraction of sp³-hybridized carbons (Fsp3) is 0.615. The minimum absolute atomic E-state index is 0.115. The highest BCUT2D eigenvalue weighted by atomic mass is 32.2. The molecule has 1 aliphatic heterocycles. The Labute approximate surface area is 128 Å². The van der Waals surface area contributed by atoms with Gasteiger partial charge in [-0.2, -0.15) is 16.1 Å². The molecule has 0 atom stereocenters. The molecular weight excluding hydrogens is 314 g/mol. The fourth-order valence-electron chi connectivity index (χ4n) is 2.53. The molecule has 1 saturated heterocycles. The van der Waals surface area contributed by atoms with Gasteiger partial charge in [-0.15, -0.1) is 0 Å². The number of carboxylic acids is 1. The van der Waals surface area contributed by atoms with E-state index in [4.69, 9.17) is 4.42 Å². The van der Waals surface area contributed by atoms with Gasteiger partial charge < -0.3 is 9.52 Å². The molecule has 1 aromatic rings. The first-order chi connectivity index (χ1) is 9.56. The first-order valence-electron chi connectivity index (χ1n) is 6.53. The summed E-state index contributed by atoms with van der Waals surface area (Å²) in [5, 5.41) is 9.28. The number of aryl methyl sites for hydroxylation is 2. The standard InChI is InChI=1S/C13H19NO5S2/c1-8-10(12(15)16)11(9(2)19-8)21(17,18)14-5-6-20-13(3,4)7-14/h5-7H2,1-4H3,(H,15,16). The molecule has 0 radical (unpaired) electrons. The molecule has 0 bridgehead atoms. The van der Waals surface area contributed by atoms with Crippen molar-refractivity contribution in [3.05, 3.63) is 17.1 Å². The Bertz CT molecular complexity index is 675. The van der Waals surface area contributed by atoms with Crippen LogP contribution in [0.15, 0.2) is 9.31 Å². The Kier molecular flexibility index (Phi) is 4.16. The Morgan fingerprint density at radius 1 is 1.33 bits per heavy atom. The zero-order valence-corrected chi connectivity index (χ0v) is 14.1. The van der Waals surface area contributed by atoms with Crippen LogP contribution in [0.2, 0.25) is 0 Å². The first kappa shape index (κ1) is 16.4. The van der Waals surface area contributed by atoms with Crippen LogP contribution in [0.4, 0.5) is 0 Å². The molecule has 0 aromatic carbocycles. The molecule has 0 amide bonds. The van der Waals surface area contributed by atoms with Gasteiger partial charge >= 0.3 is 5.97 Å². The highest BCUT2D eigenvalue weighted by Crippen LogP contribution is 2.35. The van der Waals surface area contributed by atoms with E-state index in [2.05, 4.69) is 0 Å². The zero-order valence-electron chi connectivity index (χ0n) is 12.5. The Morgan fingerprint density at radius 2 is 1.95 bits per heavy atom. The lowest BCUT2D eigenvalue weighted by molar-refractivity contribution is 0.0691. The monoisotopic (exact) mass is 333 g/mol. The lowest BCUT2D eigenvalue weighted by Crippen LogP contribution is -2.46. The topological polar surface area (TPSA) is 87.8 Å². The van der Waals surface area contributed by atoms with Gasteiger partial charge in [0.25, 0.3) is 0 Å². The highest BCUT2D eigenvalue weighted by Gasteiger charge is 2.39. The zero-order chi connectivity index (χ0) is 16.0. The molecule has 2 heterocycles. The summed E-state index contributed by atoms with van der Waals surface area (Å²) in [5.74, 6) is -0.358. The Hall–Kier alpha value is -0.990. The fourth-order valence-corrected chi connectivity index (χ4v) is 5.81. The van der Waals surface area contributed by atoms with E-state index >= 15 is 0 Å². The molecule has 8 heteroatoms. The van der Waals surface area contributed by atoms with Crippen molar-refractivity contribution in [1.29, 1.82) is 0 Å². The van der Waals surface area contributed by atoms with Gasteiger partial charge in [0, 0.05) is 23.6 Å². The van der Waals surface area contributed by atoms with E-state index in [1.165, 1.54) is 18.2 Å². The van der Waals surface area contributed by atoms with Crippen LogP contribution in [0.5, 0.6) is 0 Å². The number of thioether (sulfide) groups is 1. The van der Waals surface area contributed by atoms with Gasteiger partial charge in [0.1, 0.15) is 22.0 Å². The van der Waals surface area contributed by atoms with E-state index in [9.17, 15) is 18.3 Å². The van der Waals surface area contributed by atoms with Crippen molar-refractivity contribution in [1.82, 2.24) is 4.31 Å². The van der Waals surface area contributed by atoms with Crippen molar-refractivity contribution in [2.75, 3.05) is 18.8 Å². The van der Waals surface area contributed by atoms with E-state index in [0.717, 1.165) is 0 Å². The summed E-state index contributed by atoms with van der Waals surface area (Å²) in [5.41, 5.74) is -0.261. The molecule has 1 aromatic heterocycles. The second-order valence-electron chi connectivity index (χ2n) is 5.67. The predicted octanol–water partition coefficient (Wildman–Crippen LogP) is 2.11. The van der Waals surface area contributed by atoms with E-state index in [1.807, 2.05) is 13.8 Å². The number of rotatable bonds is 3. The summed E-state index contributed by atoms with van der Waals surface area (Å²) in [6.45, 7) is 7.62. The third-order valence-corrected chi connectivity index (χ3v) is 6.70. The average molecular weight is 333 g/mol. The number of aromatic carboxylic acids is 1. The second kappa shape index (κ2) is 5.33. The molecule has 0 spiro atoms. The van der Waals surface area contributed by atoms with Crippen LogP contribution < -0.4 is 0 Å². The molecule has 6 nitrogen and oxygen atoms in total. The van der Waals surface area contributed by atoms with E-state index < -0.39 is 16.0 Å². The van der Waals surface area contributed by atoms with Crippen molar-refractivity contribution < 1.29 is 22.7 Å². The van der Waals surface area contributed by atoms with Crippen molar-refractivity contribution in [3.8, 4) is 0 Å². The van der Waals surface area contributed by atoms with Crippen LogP contribution in [0, 0.1) is 13.8 Å². The maximum atomic E-state index is 12.8. The molecule has 1 fully saturated rings. The van der Waals surface area contributed by atoms with Crippen LogP contribution in [0.1, 0.15) is 35.7 Å². The summed E-state index contributed by atoms with van der Waals surface area (Å²) in [6.07, 6.45) is 0. The number of nitrogens with zero attached hydrogens (tertiary/aromatic N) is 1. The lowest BCUT2D eigenvalue weighted by atomic mass is 10.2. The number of hydrogen-bond acceptors (Lipinski definition) is 5. The van der Waals surface area contributed by atoms with Gasteiger partial charge in [-0.05, 0) is 27.7 Å². The first-order valence-corrected chi connectivity index (χ1v) is 8.96. The molecular formula is C13H19NO5S2. The van der Waals surface area contributed by atoms with Gasteiger partial charge in [0.2, 0.25) is 10.0 Å². The van der Waals surface area contributed by atoms with Crippen molar-refractivity contribution >= 4 is 27.8 Å². The molecule has 0 unspecified atom stereocenters. The van der Waals surface area contributed by atoms with Crippen molar-refractivity contribution in [3.63, 3.8) is 0 Å². The van der Waals surface area contributed by atoms with Crippen LogP contribution >= 0.6 is 11.8 Å². The summed E-state index contributed by atoms with van der Waals surface area (Å²) < 4.78 is 32.1. The molecule has 1 aliphatic rings. The van der Waals surface area contributed by atoms with Crippen LogP contribution in [0.25, 0.3) is 0 Å². The lowest BCUT2D eigenvalue weighted by Gasteiger charge is -2.36. The largest absolute Gasteiger partial charge is 0.478 e. The number of carbonyl (C=O) groups is 1. The van der Waals surface area contributed by atoms with E-state index in [1.54, 1.807) is 11.8 Å². The quantitative estimate of drug-likeness (QED) is 0.911. The third-order valence-electron chi connectivity index (χ3n) is 3.41. The van der Waals surface area contributed by atoms with Gasteiger partial charge in [-0.1, -0.05) is 0 Å². The highest BCUT2D eigenvalue weighted by molar-refractivity contribution is 8.00. The van der Waals surface area contributed by atoms with Crippen molar-refractivity contribution in [2.45, 2.75) is 37.3 Å². The SMILES string of the molecule is Cc1oc(C)c(S(=O)(=O)N2CCSC(C)(C)C2)c1C(=O)O. The van der Waals surface area contributed by atoms with E-state index in [-0.39, 0.29) is 26.7 Å². The van der Waals surface area contributed by atoms with Gasteiger partial charge in [-0.3, -0.25) is 0 Å². The smallest absolute Gasteiger partial charge is 0.340 e. The maximum absolute atomic E-state index is 12.8. The van der Waals surface area contributed by atoms with Crippen LogP contribution in [-0.2, 0) is 10.0 Å². The number of sulfonamides is 1. The third kappa shape index (κ3) is 2.97. The number of furan rings is 1. The Balaban J connectivity index is 2.52. The summed E-state index contributed by atoms with van der Waals surface area (Å²) >= 11 is 1.71. The van der Waals surface area contributed by atoms with E-state index in [0.29, 0.717) is 18.8 Å². The van der Waals surface area contributed by atoms with Crippen molar-refractivity contribution in [2.24, 2.45) is 0 Å². The molecule has 2 rings (SSSR count). The minimum atomic E-state index is -3.87. The second-order valence-corrected chi connectivity index (χ2v) is 9.35. The summed E-state index contributed by atoms with van der Waals surface area (Å²) in [6, 6.07) is 0. The molecule has 21 heavy (non-hydrogen) atoms. The number of carboxylic acid groups (broad SMARTS) is 1. The minimum Gasteiger partial charge on any atom is -0.478 e. The molecule has 1 N–H and O–H groups in total. The van der Waals surface area contributed by atoms with Gasteiger partial charge in [0.15, 0.2) is 0 Å². The molecule has 0 aliphatic carbocycles. The van der Waals surface area contributed by atoms with Crippen LogP contribution in [0.3, 0.4) is 0 Å². The maximum Gasteiger partial charge on any atom is 0.340 e. The number of hydrogen-bond donors (Lipinski definition) is 1. The molecule has 118 valence electrons. The summed E-state index contributed by atoms with van der Waals surface area (Å²) in [4.78, 5) is 11.2. The Morgan fingerprint density at radius 3 is 2.48 bits per heavy atom.